The Kier molecular flexibility index (Phi) is 6.69. The third kappa shape index (κ3) is 4.52. The summed E-state index contributed by atoms with van der Waals surface area (Å²) in [4.78, 5) is 25.8. The molecule has 1 aliphatic rings. The van der Waals surface area contributed by atoms with E-state index in [1.165, 1.54) is 17.0 Å². The first-order valence-corrected chi connectivity index (χ1v) is 8.02. The smallest absolute Gasteiger partial charge is 0.251 e. The van der Waals surface area contributed by atoms with Gasteiger partial charge < -0.3 is 19.7 Å². The number of carbonyl (C=O) groups is 2. The van der Waals surface area contributed by atoms with E-state index < -0.39 is 12.1 Å². The van der Waals surface area contributed by atoms with Crippen LogP contribution in [0.15, 0.2) is 24.3 Å². The van der Waals surface area contributed by atoms with Crippen LogP contribution >= 0.6 is 0 Å². The highest BCUT2D eigenvalue weighted by Crippen LogP contribution is 2.29. The lowest BCUT2D eigenvalue weighted by Crippen LogP contribution is -2.53. The summed E-state index contributed by atoms with van der Waals surface area (Å²) in [5, 5.41) is 2.80. The third-order valence-corrected chi connectivity index (χ3v) is 3.92. The van der Waals surface area contributed by atoms with E-state index in [1.807, 2.05) is 6.92 Å². The van der Waals surface area contributed by atoms with E-state index in [1.54, 1.807) is 19.2 Å². The van der Waals surface area contributed by atoms with Crippen molar-refractivity contribution in [2.75, 3.05) is 33.4 Å². The molecule has 0 radical (unpaired) electrons. The van der Waals surface area contributed by atoms with E-state index in [9.17, 15) is 14.0 Å². The lowest BCUT2D eigenvalue weighted by atomic mass is 9.97. The molecule has 0 bridgehead atoms. The Morgan fingerprint density at radius 2 is 2.12 bits per heavy atom. The molecule has 0 saturated carbocycles. The van der Waals surface area contributed by atoms with Gasteiger partial charge in [0.15, 0.2) is 6.10 Å². The zero-order chi connectivity index (χ0) is 17.5. The van der Waals surface area contributed by atoms with Crippen molar-refractivity contribution >= 4 is 11.8 Å². The molecule has 2 atom stereocenters. The number of benzene rings is 1. The van der Waals surface area contributed by atoms with Gasteiger partial charge in [0, 0.05) is 26.8 Å². The quantitative estimate of drug-likeness (QED) is 0.760. The number of morpholine rings is 1. The lowest BCUT2D eigenvalue weighted by molar-refractivity contribution is -0.162. The van der Waals surface area contributed by atoms with Crippen molar-refractivity contribution in [2.24, 2.45) is 0 Å². The highest BCUT2D eigenvalue weighted by Gasteiger charge is 2.39. The molecule has 7 heteroatoms. The number of amides is 2. The van der Waals surface area contributed by atoms with E-state index in [2.05, 4.69) is 5.32 Å². The average Bonchev–Trinajstić information content (AvgIpc) is 2.58. The summed E-state index contributed by atoms with van der Waals surface area (Å²) >= 11 is 0. The van der Waals surface area contributed by atoms with Crippen LogP contribution < -0.4 is 5.32 Å². The van der Waals surface area contributed by atoms with Crippen LogP contribution in [0.2, 0.25) is 0 Å². The summed E-state index contributed by atoms with van der Waals surface area (Å²) in [6, 6.07) is 5.15. The molecule has 1 aliphatic heterocycles. The molecular formula is C17H23FN2O4. The number of halogens is 1. The van der Waals surface area contributed by atoms with Crippen LogP contribution in [-0.4, -0.2) is 56.2 Å². The van der Waals surface area contributed by atoms with Gasteiger partial charge in [-0.15, -0.1) is 0 Å². The Hall–Kier alpha value is -1.99. The Balaban J connectivity index is 2.06. The van der Waals surface area contributed by atoms with Crippen molar-refractivity contribution in [2.45, 2.75) is 25.5 Å². The zero-order valence-corrected chi connectivity index (χ0v) is 14.0. The van der Waals surface area contributed by atoms with Gasteiger partial charge in [-0.05, 0) is 31.0 Å². The summed E-state index contributed by atoms with van der Waals surface area (Å²) in [6.07, 6.45) is -0.132. The van der Waals surface area contributed by atoms with Gasteiger partial charge in [-0.2, -0.15) is 0 Å². The molecule has 1 fully saturated rings. The Morgan fingerprint density at radius 1 is 1.42 bits per heavy atom. The van der Waals surface area contributed by atoms with E-state index in [4.69, 9.17) is 9.47 Å². The van der Waals surface area contributed by atoms with Crippen molar-refractivity contribution in [1.82, 2.24) is 10.2 Å². The van der Waals surface area contributed by atoms with Gasteiger partial charge in [0.05, 0.1) is 6.04 Å². The number of carbonyl (C=O) groups excluding carboxylic acids is 2. The maximum atomic E-state index is 13.1. The standard InChI is InChI=1S/C17H23FN2O4/c1-3-23-10-4-9-19-17(22)16-15(20(2)14(21)11-24-16)12-5-7-13(18)8-6-12/h5-8,15-16H,3-4,9-11H2,1-2H3,(H,19,22). The van der Waals surface area contributed by atoms with Crippen LogP contribution in [0.25, 0.3) is 0 Å². The summed E-state index contributed by atoms with van der Waals surface area (Å²) in [7, 11) is 1.62. The van der Waals surface area contributed by atoms with Gasteiger partial charge in [0.2, 0.25) is 5.91 Å². The summed E-state index contributed by atoms with van der Waals surface area (Å²) in [5.41, 5.74) is 0.654. The molecule has 1 N–H and O–H groups in total. The van der Waals surface area contributed by atoms with Crippen molar-refractivity contribution in [3.8, 4) is 0 Å². The minimum atomic E-state index is -0.828. The first-order chi connectivity index (χ1) is 11.5. The Morgan fingerprint density at radius 3 is 2.79 bits per heavy atom. The van der Waals surface area contributed by atoms with Gasteiger partial charge in [0.1, 0.15) is 12.4 Å². The monoisotopic (exact) mass is 338 g/mol. The van der Waals surface area contributed by atoms with Gasteiger partial charge >= 0.3 is 0 Å². The van der Waals surface area contributed by atoms with Gasteiger partial charge in [-0.3, -0.25) is 9.59 Å². The maximum absolute atomic E-state index is 13.1. The second-order valence-electron chi connectivity index (χ2n) is 5.57. The van der Waals surface area contributed by atoms with Crippen LogP contribution in [0, 0.1) is 5.82 Å². The normalized spacial score (nSPS) is 21.0. The number of likely N-dealkylation sites (N-methyl/N-ethyl adjacent to an activating group) is 1. The summed E-state index contributed by atoms with van der Waals surface area (Å²) < 4.78 is 23.8. The van der Waals surface area contributed by atoms with Crippen LogP contribution in [-0.2, 0) is 19.1 Å². The highest BCUT2D eigenvalue weighted by atomic mass is 19.1. The van der Waals surface area contributed by atoms with Gasteiger partial charge in [-0.1, -0.05) is 12.1 Å². The second-order valence-corrected chi connectivity index (χ2v) is 5.57. The first kappa shape index (κ1) is 18.4. The zero-order valence-electron chi connectivity index (χ0n) is 14.0. The highest BCUT2D eigenvalue weighted by molar-refractivity contribution is 5.86. The molecule has 0 aromatic heterocycles. The minimum absolute atomic E-state index is 0.148. The number of rotatable bonds is 7. The summed E-state index contributed by atoms with van der Waals surface area (Å²) in [5.74, 6) is -0.883. The molecule has 0 aliphatic carbocycles. The predicted molar refractivity (Wildman–Crippen MR) is 85.8 cm³/mol. The Labute approximate surface area is 140 Å². The minimum Gasteiger partial charge on any atom is -0.382 e. The van der Waals surface area contributed by atoms with E-state index >= 15 is 0 Å². The fraction of sp³-hybridized carbons (Fsp3) is 0.529. The topological polar surface area (TPSA) is 67.9 Å². The molecule has 24 heavy (non-hydrogen) atoms. The van der Waals surface area contributed by atoms with Crippen molar-refractivity contribution in [3.05, 3.63) is 35.6 Å². The number of hydrogen-bond donors (Lipinski definition) is 1. The maximum Gasteiger partial charge on any atom is 0.251 e. The van der Waals surface area contributed by atoms with Crippen molar-refractivity contribution in [3.63, 3.8) is 0 Å². The molecule has 1 aromatic carbocycles. The Bertz CT molecular complexity index is 564. The van der Waals surface area contributed by atoms with E-state index in [0.29, 0.717) is 31.7 Å². The molecule has 2 unspecified atom stereocenters. The van der Waals surface area contributed by atoms with Gasteiger partial charge in [-0.25, -0.2) is 4.39 Å². The number of nitrogens with zero attached hydrogens (tertiary/aromatic N) is 1. The van der Waals surface area contributed by atoms with Crippen LogP contribution in [0.4, 0.5) is 4.39 Å². The molecular weight excluding hydrogens is 315 g/mol. The molecule has 0 spiro atoms. The molecule has 2 amide bonds. The lowest BCUT2D eigenvalue weighted by Gasteiger charge is -2.38. The van der Waals surface area contributed by atoms with Crippen LogP contribution in [0.5, 0.6) is 0 Å². The van der Waals surface area contributed by atoms with Crippen molar-refractivity contribution in [1.29, 1.82) is 0 Å². The average molecular weight is 338 g/mol. The molecule has 2 rings (SSSR count). The van der Waals surface area contributed by atoms with Gasteiger partial charge in [0.25, 0.3) is 5.91 Å². The van der Waals surface area contributed by atoms with E-state index in [0.717, 1.165) is 0 Å². The summed E-state index contributed by atoms with van der Waals surface area (Å²) in [6.45, 7) is 3.44. The fourth-order valence-electron chi connectivity index (χ4n) is 2.62. The predicted octanol–water partition coefficient (Wildman–Crippen LogP) is 1.27. The second kappa shape index (κ2) is 8.75. The number of nitrogens with one attached hydrogen (secondary N) is 1. The van der Waals surface area contributed by atoms with Crippen molar-refractivity contribution < 1.29 is 23.5 Å². The fourth-order valence-corrected chi connectivity index (χ4v) is 2.62. The number of hydrogen-bond acceptors (Lipinski definition) is 4. The van der Waals surface area contributed by atoms with Crippen LogP contribution in [0.1, 0.15) is 24.9 Å². The molecule has 1 heterocycles. The molecule has 132 valence electrons. The first-order valence-electron chi connectivity index (χ1n) is 8.02. The van der Waals surface area contributed by atoms with E-state index in [-0.39, 0.29) is 24.2 Å². The molecule has 1 saturated heterocycles. The van der Waals surface area contributed by atoms with Crippen LogP contribution in [0.3, 0.4) is 0 Å². The molecule has 1 aromatic rings. The largest absolute Gasteiger partial charge is 0.382 e. The SMILES string of the molecule is CCOCCCNC(=O)C1OCC(=O)N(C)C1c1ccc(F)cc1. The third-order valence-electron chi connectivity index (χ3n) is 3.92. The molecule has 6 nitrogen and oxygen atoms in total. The number of ether oxygens (including phenoxy) is 2.